The van der Waals surface area contributed by atoms with Gasteiger partial charge in [0, 0.05) is 0 Å². The topological polar surface area (TPSA) is 36.3 Å². The molecule has 2 aliphatic rings. The van der Waals surface area contributed by atoms with Gasteiger partial charge in [0.25, 0.3) is 0 Å². The van der Waals surface area contributed by atoms with Crippen molar-refractivity contribution in [3.8, 4) is 6.07 Å². The lowest BCUT2D eigenvalue weighted by Gasteiger charge is -2.34. The van der Waals surface area contributed by atoms with Crippen LogP contribution in [0.2, 0.25) is 0 Å². The van der Waals surface area contributed by atoms with Gasteiger partial charge in [-0.3, -0.25) is 0 Å². The van der Waals surface area contributed by atoms with E-state index >= 15 is 0 Å². The molecule has 1 saturated carbocycles. The lowest BCUT2D eigenvalue weighted by atomic mass is 9.67. The fourth-order valence-corrected chi connectivity index (χ4v) is 3.88. The summed E-state index contributed by atoms with van der Waals surface area (Å²) >= 11 is 0. The molecule has 2 heteroatoms. The van der Waals surface area contributed by atoms with Gasteiger partial charge in [-0.15, -0.1) is 0 Å². The summed E-state index contributed by atoms with van der Waals surface area (Å²) in [5.41, 5.74) is 1.38. The SMILES string of the molecule is N#C[C@]12O[C@@H]1CCC2(c1ccccc1)c1ccccc1. The molecule has 1 aliphatic heterocycles. The zero-order chi connectivity index (χ0) is 13.6. The van der Waals surface area contributed by atoms with Crippen molar-refractivity contribution < 1.29 is 4.74 Å². The molecule has 2 atom stereocenters. The smallest absolute Gasteiger partial charge is 0.194 e. The van der Waals surface area contributed by atoms with Crippen LogP contribution >= 0.6 is 0 Å². The first-order valence-electron chi connectivity index (χ1n) is 7.04. The largest absolute Gasteiger partial charge is 0.349 e. The molecule has 0 unspecified atom stereocenters. The van der Waals surface area contributed by atoms with E-state index in [-0.39, 0.29) is 11.5 Å². The Hall–Kier alpha value is -2.11. The van der Waals surface area contributed by atoms with Gasteiger partial charge in [-0.1, -0.05) is 60.7 Å². The zero-order valence-electron chi connectivity index (χ0n) is 11.1. The van der Waals surface area contributed by atoms with Crippen molar-refractivity contribution in [2.24, 2.45) is 0 Å². The lowest BCUT2D eigenvalue weighted by Crippen LogP contribution is -2.40. The molecule has 0 aromatic heterocycles. The number of rotatable bonds is 2. The Kier molecular flexibility index (Phi) is 2.31. The Bertz CT molecular complexity index is 634. The molecule has 2 nitrogen and oxygen atoms in total. The monoisotopic (exact) mass is 261 g/mol. The van der Waals surface area contributed by atoms with Crippen LogP contribution in [-0.4, -0.2) is 11.7 Å². The molecule has 4 rings (SSSR count). The van der Waals surface area contributed by atoms with Gasteiger partial charge in [-0.05, 0) is 24.0 Å². The molecule has 1 saturated heterocycles. The number of hydrogen-bond acceptors (Lipinski definition) is 2. The molecule has 98 valence electrons. The van der Waals surface area contributed by atoms with E-state index in [4.69, 9.17) is 4.74 Å². The Morgan fingerprint density at radius 3 is 1.95 bits per heavy atom. The second kappa shape index (κ2) is 3.94. The maximum Gasteiger partial charge on any atom is 0.194 e. The van der Waals surface area contributed by atoms with Crippen molar-refractivity contribution >= 4 is 0 Å². The van der Waals surface area contributed by atoms with Crippen molar-refractivity contribution in [3.05, 3.63) is 71.8 Å². The molecule has 1 heterocycles. The van der Waals surface area contributed by atoms with Crippen LogP contribution in [0, 0.1) is 11.3 Å². The van der Waals surface area contributed by atoms with E-state index < -0.39 is 5.60 Å². The van der Waals surface area contributed by atoms with E-state index in [0.717, 1.165) is 12.8 Å². The Balaban J connectivity index is 1.98. The minimum Gasteiger partial charge on any atom is -0.349 e. The third-order valence-corrected chi connectivity index (χ3v) is 4.84. The molecule has 2 aromatic rings. The molecular weight excluding hydrogens is 246 g/mol. The standard InChI is InChI=1S/C18H15NO/c19-13-18-16(20-18)11-12-17(18,14-7-3-1-4-8-14)15-9-5-2-6-10-15/h1-10,16H,11-12H2/t16-,18+/m1/s1. The van der Waals surface area contributed by atoms with Crippen molar-refractivity contribution in [2.75, 3.05) is 0 Å². The lowest BCUT2D eigenvalue weighted by molar-refractivity contribution is 0.218. The average Bonchev–Trinajstić information content (AvgIpc) is 3.17. The van der Waals surface area contributed by atoms with Crippen LogP contribution in [0.15, 0.2) is 60.7 Å². The predicted octanol–water partition coefficient (Wildman–Crippen LogP) is 3.43. The van der Waals surface area contributed by atoms with Crippen LogP contribution in [0.25, 0.3) is 0 Å². The highest BCUT2D eigenvalue weighted by atomic mass is 16.6. The summed E-state index contributed by atoms with van der Waals surface area (Å²) in [4.78, 5) is 0. The van der Waals surface area contributed by atoms with Crippen LogP contribution in [0.3, 0.4) is 0 Å². The highest BCUT2D eigenvalue weighted by Gasteiger charge is 2.75. The van der Waals surface area contributed by atoms with Crippen LogP contribution < -0.4 is 0 Å². The summed E-state index contributed by atoms with van der Waals surface area (Å²) in [6.45, 7) is 0. The first-order chi connectivity index (χ1) is 9.83. The summed E-state index contributed by atoms with van der Waals surface area (Å²) in [6, 6.07) is 23.2. The molecule has 0 bridgehead atoms. The van der Waals surface area contributed by atoms with Gasteiger partial charge in [0.1, 0.15) is 12.2 Å². The number of epoxide rings is 1. The Labute approximate surface area is 118 Å². The van der Waals surface area contributed by atoms with Gasteiger partial charge < -0.3 is 4.74 Å². The van der Waals surface area contributed by atoms with Gasteiger partial charge in [0.05, 0.1) is 5.41 Å². The second-order valence-electron chi connectivity index (χ2n) is 5.63. The maximum atomic E-state index is 9.75. The number of ether oxygens (including phenoxy) is 1. The average molecular weight is 261 g/mol. The number of fused-ring (bicyclic) bond motifs is 1. The van der Waals surface area contributed by atoms with Gasteiger partial charge in [0.2, 0.25) is 0 Å². The third kappa shape index (κ3) is 1.26. The van der Waals surface area contributed by atoms with Crippen molar-refractivity contribution in [1.29, 1.82) is 5.26 Å². The van der Waals surface area contributed by atoms with Crippen LogP contribution in [0.4, 0.5) is 0 Å². The number of nitrogens with zero attached hydrogens (tertiary/aromatic N) is 1. The fraction of sp³-hybridized carbons (Fsp3) is 0.278. The van der Waals surface area contributed by atoms with Gasteiger partial charge in [0.15, 0.2) is 5.60 Å². The van der Waals surface area contributed by atoms with E-state index in [1.54, 1.807) is 0 Å². The Morgan fingerprint density at radius 1 is 0.950 bits per heavy atom. The first-order valence-corrected chi connectivity index (χ1v) is 7.04. The van der Waals surface area contributed by atoms with Gasteiger partial charge >= 0.3 is 0 Å². The number of nitriles is 1. The fourth-order valence-electron chi connectivity index (χ4n) is 3.88. The minimum atomic E-state index is -0.671. The second-order valence-corrected chi connectivity index (χ2v) is 5.63. The van der Waals surface area contributed by atoms with Gasteiger partial charge in [-0.25, -0.2) is 0 Å². The summed E-state index contributed by atoms with van der Waals surface area (Å²) in [5, 5.41) is 9.75. The first kappa shape index (κ1) is 11.7. The summed E-state index contributed by atoms with van der Waals surface area (Å²) in [7, 11) is 0. The predicted molar refractivity (Wildman–Crippen MR) is 76.1 cm³/mol. The summed E-state index contributed by atoms with van der Waals surface area (Å²) in [5.74, 6) is 0. The quantitative estimate of drug-likeness (QED) is 0.776. The Morgan fingerprint density at radius 2 is 1.50 bits per heavy atom. The molecule has 1 aliphatic carbocycles. The molecule has 2 fully saturated rings. The highest BCUT2D eigenvalue weighted by molar-refractivity contribution is 5.52. The molecule has 2 aromatic carbocycles. The van der Waals surface area contributed by atoms with Crippen LogP contribution in [-0.2, 0) is 10.2 Å². The van der Waals surface area contributed by atoms with Crippen LogP contribution in [0.5, 0.6) is 0 Å². The molecular formula is C18H15NO. The molecule has 20 heavy (non-hydrogen) atoms. The van der Waals surface area contributed by atoms with Crippen molar-refractivity contribution in [3.63, 3.8) is 0 Å². The summed E-state index contributed by atoms with van der Waals surface area (Å²) < 4.78 is 5.85. The maximum absolute atomic E-state index is 9.75. The minimum absolute atomic E-state index is 0.0907. The van der Waals surface area contributed by atoms with E-state index in [2.05, 4.69) is 30.3 Å². The van der Waals surface area contributed by atoms with E-state index in [1.165, 1.54) is 11.1 Å². The van der Waals surface area contributed by atoms with E-state index in [0.29, 0.717) is 0 Å². The van der Waals surface area contributed by atoms with Crippen molar-refractivity contribution in [2.45, 2.75) is 30.0 Å². The summed E-state index contributed by atoms with van der Waals surface area (Å²) in [6.07, 6.45) is 2.02. The number of hydrogen-bond donors (Lipinski definition) is 0. The highest BCUT2D eigenvalue weighted by Crippen LogP contribution is 2.64. The number of benzene rings is 2. The molecule has 0 N–H and O–H groups in total. The normalized spacial score (nSPS) is 29.4. The molecule has 0 amide bonds. The molecule has 0 radical (unpaired) electrons. The zero-order valence-corrected chi connectivity index (χ0v) is 11.1. The third-order valence-electron chi connectivity index (χ3n) is 4.84. The van der Waals surface area contributed by atoms with Gasteiger partial charge in [-0.2, -0.15) is 5.26 Å². The van der Waals surface area contributed by atoms with E-state index in [1.807, 2.05) is 36.4 Å². The van der Waals surface area contributed by atoms with Crippen LogP contribution in [0.1, 0.15) is 24.0 Å². The molecule has 0 spiro atoms. The van der Waals surface area contributed by atoms with E-state index in [9.17, 15) is 5.26 Å². The van der Waals surface area contributed by atoms with Crippen molar-refractivity contribution in [1.82, 2.24) is 0 Å².